The van der Waals surface area contributed by atoms with Crippen LogP contribution in [0.1, 0.15) is 30.8 Å². The first-order chi connectivity index (χ1) is 10.0. The summed E-state index contributed by atoms with van der Waals surface area (Å²) in [5.41, 5.74) is 3.42. The molecule has 21 heavy (non-hydrogen) atoms. The Balaban J connectivity index is 1.96. The molecule has 0 saturated heterocycles. The molecule has 1 heterocycles. The number of nitrogens with zero attached hydrogens (tertiary/aromatic N) is 1. The summed E-state index contributed by atoms with van der Waals surface area (Å²) >= 11 is 0. The van der Waals surface area contributed by atoms with Gasteiger partial charge >= 0.3 is 0 Å². The number of ether oxygens (including phenoxy) is 1. The zero-order valence-corrected chi connectivity index (χ0v) is 13.3. The first-order valence-corrected chi connectivity index (χ1v) is 7.29. The molecular formula is C18H24N2O. The van der Waals surface area contributed by atoms with Crippen molar-refractivity contribution in [3.8, 4) is 5.75 Å². The number of hydrogen-bond donors (Lipinski definition) is 1. The summed E-state index contributed by atoms with van der Waals surface area (Å²) in [6.45, 7) is 8.13. The Hall–Kier alpha value is -1.87. The summed E-state index contributed by atoms with van der Waals surface area (Å²) in [5.74, 6) is 0.863. The number of rotatable bonds is 6. The molecule has 0 saturated carbocycles. The van der Waals surface area contributed by atoms with Gasteiger partial charge < -0.3 is 10.1 Å². The molecule has 0 spiro atoms. The van der Waals surface area contributed by atoms with Crippen LogP contribution in [-0.2, 0) is 12.0 Å². The van der Waals surface area contributed by atoms with E-state index >= 15 is 0 Å². The van der Waals surface area contributed by atoms with Crippen LogP contribution in [0.25, 0.3) is 0 Å². The monoisotopic (exact) mass is 284 g/mol. The minimum Gasteiger partial charge on any atom is -0.497 e. The van der Waals surface area contributed by atoms with Crippen molar-refractivity contribution < 1.29 is 4.74 Å². The average molecular weight is 284 g/mol. The molecule has 0 amide bonds. The Labute approximate surface area is 127 Å². The Morgan fingerprint density at radius 1 is 1.14 bits per heavy atom. The third kappa shape index (κ3) is 4.30. The lowest BCUT2D eigenvalue weighted by atomic mass is 9.84. The van der Waals surface area contributed by atoms with Crippen LogP contribution in [0.2, 0.25) is 0 Å². The van der Waals surface area contributed by atoms with Gasteiger partial charge in [0.25, 0.3) is 0 Å². The van der Waals surface area contributed by atoms with Gasteiger partial charge in [0.05, 0.1) is 12.8 Å². The van der Waals surface area contributed by atoms with Crippen molar-refractivity contribution in [2.75, 3.05) is 13.7 Å². The van der Waals surface area contributed by atoms with Gasteiger partial charge in [0.2, 0.25) is 0 Å². The molecule has 0 aliphatic heterocycles. The number of benzene rings is 1. The fraction of sp³-hybridized carbons (Fsp3) is 0.389. The van der Waals surface area contributed by atoms with E-state index in [4.69, 9.17) is 4.74 Å². The minimum atomic E-state index is 0.0924. The van der Waals surface area contributed by atoms with E-state index in [0.29, 0.717) is 0 Å². The first kappa shape index (κ1) is 15.5. The standard InChI is InChI=1S/C18H24N2O/c1-14-10-17(21-4)11-16(20-14)12-19-13-18(2,3)15-8-6-5-7-9-15/h5-11,19H,12-13H2,1-4H3. The zero-order chi connectivity index (χ0) is 15.3. The lowest BCUT2D eigenvalue weighted by Gasteiger charge is -2.25. The van der Waals surface area contributed by atoms with Crippen molar-refractivity contribution in [2.45, 2.75) is 32.7 Å². The molecule has 2 rings (SSSR count). The molecule has 3 nitrogen and oxygen atoms in total. The topological polar surface area (TPSA) is 34.1 Å². The van der Waals surface area contributed by atoms with Crippen LogP contribution < -0.4 is 10.1 Å². The van der Waals surface area contributed by atoms with Crippen LogP contribution in [0.5, 0.6) is 5.75 Å². The lowest BCUT2D eigenvalue weighted by molar-refractivity contribution is 0.412. The van der Waals surface area contributed by atoms with Gasteiger partial charge in [-0.1, -0.05) is 44.2 Å². The summed E-state index contributed by atoms with van der Waals surface area (Å²) in [6, 6.07) is 14.5. The van der Waals surface area contributed by atoms with Crippen LogP contribution in [0.4, 0.5) is 0 Å². The van der Waals surface area contributed by atoms with Gasteiger partial charge in [-0.3, -0.25) is 4.98 Å². The fourth-order valence-corrected chi connectivity index (χ4v) is 2.41. The largest absolute Gasteiger partial charge is 0.497 e. The number of nitrogens with one attached hydrogen (secondary N) is 1. The lowest BCUT2D eigenvalue weighted by Crippen LogP contribution is -2.32. The van der Waals surface area contributed by atoms with E-state index in [1.54, 1.807) is 7.11 Å². The predicted molar refractivity (Wildman–Crippen MR) is 86.7 cm³/mol. The van der Waals surface area contributed by atoms with E-state index < -0.39 is 0 Å². The number of aromatic nitrogens is 1. The Morgan fingerprint density at radius 2 is 1.86 bits per heavy atom. The van der Waals surface area contributed by atoms with Crippen LogP contribution in [-0.4, -0.2) is 18.6 Å². The molecule has 1 aromatic carbocycles. The molecule has 0 radical (unpaired) electrons. The Bertz CT molecular complexity index is 579. The Morgan fingerprint density at radius 3 is 2.52 bits per heavy atom. The second kappa shape index (κ2) is 6.72. The highest BCUT2D eigenvalue weighted by Gasteiger charge is 2.19. The van der Waals surface area contributed by atoms with Crippen molar-refractivity contribution in [2.24, 2.45) is 0 Å². The molecule has 0 fully saturated rings. The van der Waals surface area contributed by atoms with Gasteiger partial charge in [-0.05, 0) is 12.5 Å². The number of methoxy groups -OCH3 is 1. The van der Waals surface area contributed by atoms with Crippen LogP contribution in [0.3, 0.4) is 0 Å². The van der Waals surface area contributed by atoms with E-state index in [-0.39, 0.29) is 5.41 Å². The average Bonchev–Trinajstić information content (AvgIpc) is 2.47. The molecule has 3 heteroatoms. The van der Waals surface area contributed by atoms with E-state index in [0.717, 1.165) is 30.2 Å². The summed E-state index contributed by atoms with van der Waals surface area (Å²) in [4.78, 5) is 4.53. The molecule has 0 aliphatic rings. The SMILES string of the molecule is COc1cc(C)nc(CNCC(C)(C)c2ccccc2)c1. The van der Waals surface area contributed by atoms with Crippen LogP contribution >= 0.6 is 0 Å². The van der Waals surface area contributed by atoms with E-state index in [9.17, 15) is 0 Å². The van der Waals surface area contributed by atoms with E-state index in [1.165, 1.54) is 5.56 Å². The summed E-state index contributed by atoms with van der Waals surface area (Å²) in [6.07, 6.45) is 0. The van der Waals surface area contributed by atoms with Crippen molar-refractivity contribution in [3.05, 3.63) is 59.4 Å². The summed E-state index contributed by atoms with van der Waals surface area (Å²) < 4.78 is 5.28. The molecule has 1 N–H and O–H groups in total. The van der Waals surface area contributed by atoms with E-state index in [1.807, 2.05) is 19.1 Å². The molecule has 0 bridgehead atoms. The number of hydrogen-bond acceptors (Lipinski definition) is 3. The van der Waals surface area contributed by atoms with Gasteiger partial charge in [0.1, 0.15) is 5.75 Å². The molecule has 0 aliphatic carbocycles. The second-order valence-electron chi connectivity index (χ2n) is 5.99. The smallest absolute Gasteiger partial charge is 0.122 e. The highest BCUT2D eigenvalue weighted by molar-refractivity contribution is 5.27. The molecule has 0 atom stereocenters. The number of aryl methyl sites for hydroxylation is 1. The normalized spacial score (nSPS) is 11.4. The van der Waals surface area contributed by atoms with Gasteiger partial charge in [0, 0.05) is 36.3 Å². The number of pyridine rings is 1. The van der Waals surface area contributed by atoms with Gasteiger partial charge in [-0.15, -0.1) is 0 Å². The summed E-state index contributed by atoms with van der Waals surface area (Å²) in [7, 11) is 1.69. The quantitative estimate of drug-likeness (QED) is 0.882. The fourth-order valence-electron chi connectivity index (χ4n) is 2.41. The molecule has 0 unspecified atom stereocenters. The van der Waals surface area contributed by atoms with Gasteiger partial charge in [-0.2, -0.15) is 0 Å². The highest BCUT2D eigenvalue weighted by atomic mass is 16.5. The first-order valence-electron chi connectivity index (χ1n) is 7.29. The molecule has 2 aromatic rings. The third-order valence-corrected chi connectivity index (χ3v) is 3.64. The maximum absolute atomic E-state index is 5.28. The van der Waals surface area contributed by atoms with Gasteiger partial charge in [-0.25, -0.2) is 0 Å². The maximum atomic E-state index is 5.28. The van der Waals surface area contributed by atoms with Crippen molar-refractivity contribution in [1.82, 2.24) is 10.3 Å². The van der Waals surface area contributed by atoms with Crippen LogP contribution in [0, 0.1) is 6.92 Å². The van der Waals surface area contributed by atoms with Gasteiger partial charge in [0.15, 0.2) is 0 Å². The molecule has 112 valence electrons. The molecular weight excluding hydrogens is 260 g/mol. The van der Waals surface area contributed by atoms with E-state index in [2.05, 4.69) is 54.5 Å². The molecule has 1 aromatic heterocycles. The zero-order valence-electron chi connectivity index (χ0n) is 13.3. The van der Waals surface area contributed by atoms with Crippen LogP contribution in [0.15, 0.2) is 42.5 Å². The predicted octanol–water partition coefficient (Wildman–Crippen LogP) is 3.47. The Kier molecular flexibility index (Phi) is 4.97. The van der Waals surface area contributed by atoms with Crippen molar-refractivity contribution >= 4 is 0 Å². The summed E-state index contributed by atoms with van der Waals surface area (Å²) in [5, 5.41) is 3.50. The van der Waals surface area contributed by atoms with Crippen molar-refractivity contribution in [3.63, 3.8) is 0 Å². The third-order valence-electron chi connectivity index (χ3n) is 3.64. The second-order valence-corrected chi connectivity index (χ2v) is 5.99. The minimum absolute atomic E-state index is 0.0924. The maximum Gasteiger partial charge on any atom is 0.122 e. The highest BCUT2D eigenvalue weighted by Crippen LogP contribution is 2.22. The van der Waals surface area contributed by atoms with Crippen molar-refractivity contribution in [1.29, 1.82) is 0 Å².